The van der Waals surface area contributed by atoms with Gasteiger partial charge in [0.1, 0.15) is 6.10 Å². The number of rotatable bonds is 3. The van der Waals surface area contributed by atoms with Gasteiger partial charge in [0.2, 0.25) is 0 Å². The fourth-order valence-corrected chi connectivity index (χ4v) is 0.263. The van der Waals surface area contributed by atoms with E-state index in [1.54, 1.807) is 0 Å². The Morgan fingerprint density at radius 3 is 2.50 bits per heavy atom. The van der Waals surface area contributed by atoms with Gasteiger partial charge in [0, 0.05) is 0 Å². The second kappa shape index (κ2) is 3.84. The molecular formula is C5H9NO4. The number of primary amides is 1. The summed E-state index contributed by atoms with van der Waals surface area (Å²) in [7, 11) is 0. The molecule has 0 aromatic carbocycles. The van der Waals surface area contributed by atoms with Crippen molar-refractivity contribution in [3.63, 3.8) is 0 Å². The Morgan fingerprint density at radius 2 is 2.20 bits per heavy atom. The molecule has 3 N–H and O–H groups in total. The summed E-state index contributed by atoms with van der Waals surface area (Å²) in [6.45, 7) is 0.819. The topological polar surface area (TPSA) is 89.6 Å². The molecule has 0 aliphatic carbocycles. The molecule has 0 aliphatic rings. The maximum Gasteiger partial charge on any atom is 0.404 e. The molecule has 1 unspecified atom stereocenters. The number of carbonyl (C=O) groups excluding carboxylic acids is 2. The van der Waals surface area contributed by atoms with Crippen molar-refractivity contribution in [2.45, 2.75) is 13.0 Å². The zero-order valence-corrected chi connectivity index (χ0v) is 5.53. The second-order valence-electron chi connectivity index (χ2n) is 1.75. The van der Waals surface area contributed by atoms with Gasteiger partial charge in [-0.3, -0.25) is 4.79 Å². The Balaban J connectivity index is 3.50. The van der Waals surface area contributed by atoms with Crippen LogP contribution >= 0.6 is 0 Å². The summed E-state index contributed by atoms with van der Waals surface area (Å²) in [4.78, 5) is 20.4. The van der Waals surface area contributed by atoms with Crippen molar-refractivity contribution in [1.29, 1.82) is 0 Å². The molecule has 1 atom stereocenters. The van der Waals surface area contributed by atoms with Crippen molar-refractivity contribution >= 4 is 11.9 Å². The van der Waals surface area contributed by atoms with E-state index in [1.807, 2.05) is 0 Å². The highest BCUT2D eigenvalue weighted by atomic mass is 16.5. The number of aliphatic hydroxyl groups excluding tert-OH is 1. The van der Waals surface area contributed by atoms with Gasteiger partial charge in [-0.15, -0.1) is 0 Å². The summed E-state index contributed by atoms with van der Waals surface area (Å²) in [5, 5.41) is 8.55. The fraction of sp³-hybridized carbons (Fsp3) is 0.600. The lowest BCUT2D eigenvalue weighted by Crippen LogP contribution is -2.25. The number of Topliss-reactive ketones (excluding diaryl/α,β-unsaturated/α-hetero) is 1. The fourth-order valence-electron chi connectivity index (χ4n) is 0.263. The van der Waals surface area contributed by atoms with E-state index in [9.17, 15) is 9.59 Å². The number of hydrogen-bond acceptors (Lipinski definition) is 4. The molecule has 1 amide bonds. The minimum Gasteiger partial charge on any atom is -0.442 e. The van der Waals surface area contributed by atoms with Gasteiger partial charge < -0.3 is 15.6 Å². The van der Waals surface area contributed by atoms with Crippen LogP contribution in [-0.4, -0.2) is 29.7 Å². The summed E-state index contributed by atoms with van der Waals surface area (Å²) in [5.74, 6) is -0.571. The van der Waals surface area contributed by atoms with E-state index in [0.717, 1.165) is 0 Å². The molecule has 0 bridgehead atoms. The van der Waals surface area contributed by atoms with Crippen molar-refractivity contribution in [3.8, 4) is 0 Å². The average molecular weight is 147 g/mol. The number of hydrogen-bond donors (Lipinski definition) is 2. The Labute approximate surface area is 57.8 Å². The molecule has 0 saturated heterocycles. The maximum absolute atomic E-state index is 10.5. The van der Waals surface area contributed by atoms with Gasteiger partial charge in [0.05, 0.1) is 0 Å². The van der Waals surface area contributed by atoms with Gasteiger partial charge >= 0.3 is 6.09 Å². The summed E-state index contributed by atoms with van der Waals surface area (Å²) in [5.41, 5.74) is 4.55. The van der Waals surface area contributed by atoms with Crippen molar-refractivity contribution in [2.75, 3.05) is 6.61 Å². The number of aliphatic hydroxyl groups is 1. The molecule has 10 heavy (non-hydrogen) atoms. The van der Waals surface area contributed by atoms with E-state index in [0.29, 0.717) is 0 Å². The summed E-state index contributed by atoms with van der Waals surface area (Å²) in [6, 6.07) is 0. The van der Waals surface area contributed by atoms with Crippen LogP contribution in [0.2, 0.25) is 0 Å². The molecule has 0 radical (unpaired) electrons. The minimum absolute atomic E-state index is 0.465. The predicted molar refractivity (Wildman–Crippen MR) is 32.2 cm³/mol. The van der Waals surface area contributed by atoms with E-state index < -0.39 is 24.6 Å². The van der Waals surface area contributed by atoms with Crippen LogP contribution in [-0.2, 0) is 9.53 Å². The number of amides is 1. The SMILES string of the molecule is CC(O)C(=O)COC(N)=O. The highest BCUT2D eigenvalue weighted by Gasteiger charge is 2.09. The molecular weight excluding hydrogens is 138 g/mol. The number of ketones is 1. The smallest absolute Gasteiger partial charge is 0.404 e. The average Bonchev–Trinajstić information content (AvgIpc) is 1.82. The standard InChI is InChI=1S/C5H9NO4/c1-3(7)4(8)2-10-5(6)9/h3,7H,2H2,1H3,(H2,6,9). The third-order valence-corrected chi connectivity index (χ3v) is 0.823. The van der Waals surface area contributed by atoms with Crippen LogP contribution in [0, 0.1) is 0 Å². The molecule has 0 heterocycles. The van der Waals surface area contributed by atoms with Gasteiger partial charge in [0.25, 0.3) is 0 Å². The second-order valence-corrected chi connectivity index (χ2v) is 1.75. The summed E-state index contributed by atoms with van der Waals surface area (Å²) in [6.07, 6.45) is -2.13. The van der Waals surface area contributed by atoms with E-state index in [-0.39, 0.29) is 0 Å². The number of ether oxygens (including phenoxy) is 1. The highest BCUT2D eigenvalue weighted by molar-refractivity contribution is 5.85. The molecule has 0 spiro atoms. The lowest BCUT2D eigenvalue weighted by atomic mass is 10.3. The van der Waals surface area contributed by atoms with Crippen molar-refractivity contribution in [2.24, 2.45) is 5.73 Å². The van der Waals surface area contributed by atoms with Gasteiger partial charge in [0.15, 0.2) is 12.4 Å². The molecule has 5 heteroatoms. The minimum atomic E-state index is -1.11. The first-order chi connectivity index (χ1) is 4.54. The van der Waals surface area contributed by atoms with Crippen molar-refractivity contribution in [3.05, 3.63) is 0 Å². The third kappa shape index (κ3) is 3.85. The van der Waals surface area contributed by atoms with E-state index in [4.69, 9.17) is 5.11 Å². The first-order valence-electron chi connectivity index (χ1n) is 2.67. The lowest BCUT2D eigenvalue weighted by molar-refractivity contribution is -0.129. The van der Waals surface area contributed by atoms with E-state index in [2.05, 4.69) is 10.5 Å². The van der Waals surface area contributed by atoms with Crippen molar-refractivity contribution in [1.82, 2.24) is 0 Å². The monoisotopic (exact) mass is 147 g/mol. The molecule has 0 saturated carbocycles. The number of carbonyl (C=O) groups is 2. The zero-order chi connectivity index (χ0) is 8.15. The Morgan fingerprint density at radius 1 is 1.70 bits per heavy atom. The van der Waals surface area contributed by atoms with Crippen LogP contribution in [0.4, 0.5) is 4.79 Å². The maximum atomic E-state index is 10.5. The molecule has 0 rings (SSSR count). The first-order valence-corrected chi connectivity index (χ1v) is 2.67. The van der Waals surface area contributed by atoms with Crippen LogP contribution < -0.4 is 5.73 Å². The summed E-state index contributed by atoms with van der Waals surface area (Å²) >= 11 is 0. The predicted octanol–water partition coefficient (Wildman–Crippen LogP) is -0.968. The Hall–Kier alpha value is -1.10. The quantitative estimate of drug-likeness (QED) is 0.537. The Kier molecular flexibility index (Phi) is 3.42. The molecule has 0 aromatic rings. The van der Waals surface area contributed by atoms with E-state index in [1.165, 1.54) is 6.92 Å². The Bertz CT molecular complexity index is 143. The highest BCUT2D eigenvalue weighted by Crippen LogP contribution is 1.84. The largest absolute Gasteiger partial charge is 0.442 e. The van der Waals surface area contributed by atoms with Crippen LogP contribution in [0.1, 0.15) is 6.92 Å². The number of nitrogens with two attached hydrogens (primary N) is 1. The molecule has 0 aliphatic heterocycles. The van der Waals surface area contributed by atoms with Gasteiger partial charge in [-0.2, -0.15) is 0 Å². The molecule has 58 valence electrons. The third-order valence-electron chi connectivity index (χ3n) is 0.823. The zero-order valence-electron chi connectivity index (χ0n) is 5.53. The van der Waals surface area contributed by atoms with Gasteiger partial charge in [-0.05, 0) is 6.92 Å². The van der Waals surface area contributed by atoms with Crippen LogP contribution in [0.25, 0.3) is 0 Å². The van der Waals surface area contributed by atoms with Gasteiger partial charge in [-0.1, -0.05) is 0 Å². The van der Waals surface area contributed by atoms with Crippen molar-refractivity contribution < 1.29 is 19.4 Å². The van der Waals surface area contributed by atoms with Crippen LogP contribution in [0.3, 0.4) is 0 Å². The van der Waals surface area contributed by atoms with Gasteiger partial charge in [-0.25, -0.2) is 4.79 Å². The van der Waals surface area contributed by atoms with Crippen LogP contribution in [0.5, 0.6) is 0 Å². The molecule has 0 fully saturated rings. The summed E-state index contributed by atoms with van der Waals surface area (Å²) < 4.78 is 4.09. The molecule has 0 aromatic heterocycles. The normalized spacial score (nSPS) is 12.2. The first kappa shape index (κ1) is 8.90. The van der Waals surface area contributed by atoms with Crippen LogP contribution in [0.15, 0.2) is 0 Å². The van der Waals surface area contributed by atoms with E-state index >= 15 is 0 Å². The molecule has 5 nitrogen and oxygen atoms in total. The lowest BCUT2D eigenvalue weighted by Gasteiger charge is -2.01.